The van der Waals surface area contributed by atoms with Crippen LogP contribution in [0.15, 0.2) is 30.3 Å². The number of nitrogens with zero attached hydrogens (tertiary/aromatic N) is 4. The number of carbonyl (C=O) groups excluding carboxylic acids is 1. The van der Waals surface area contributed by atoms with Crippen LogP contribution in [0.25, 0.3) is 10.6 Å². The fraction of sp³-hybridized carbons (Fsp3) is 0.448. The molecule has 1 aliphatic rings. The van der Waals surface area contributed by atoms with Crippen LogP contribution >= 0.6 is 46.9 Å². The van der Waals surface area contributed by atoms with E-state index in [0.717, 1.165) is 54.9 Å². The lowest BCUT2D eigenvalue weighted by Crippen LogP contribution is -2.38. The smallest absolute Gasteiger partial charge is 0.306 e. The van der Waals surface area contributed by atoms with E-state index >= 15 is 0 Å². The molecule has 1 N–H and O–H groups in total. The number of anilines is 1. The SMILES string of the molecule is CCCCN(C(=O)c1cccc(Cl)c1Cl)c1nnc(-c2cc(C)c(OCCN3CCC(C(=O)O)CC3)c(C)c2)s1.Cl. The molecule has 2 heterocycles. The Morgan fingerprint density at radius 1 is 1.15 bits per heavy atom. The summed E-state index contributed by atoms with van der Waals surface area (Å²) in [6.07, 6.45) is 3.08. The van der Waals surface area contributed by atoms with Crippen molar-refractivity contribution in [2.75, 3.05) is 37.7 Å². The van der Waals surface area contributed by atoms with E-state index in [4.69, 9.17) is 27.9 Å². The second-order valence-corrected chi connectivity index (χ2v) is 11.8. The average molecular weight is 642 g/mol. The fourth-order valence-electron chi connectivity index (χ4n) is 4.84. The van der Waals surface area contributed by atoms with E-state index in [9.17, 15) is 14.7 Å². The maximum Gasteiger partial charge on any atom is 0.306 e. The first-order chi connectivity index (χ1) is 19.2. The third-order valence-electron chi connectivity index (χ3n) is 7.11. The van der Waals surface area contributed by atoms with E-state index in [1.165, 1.54) is 11.3 Å². The molecule has 4 rings (SSSR count). The van der Waals surface area contributed by atoms with Gasteiger partial charge in [-0.05, 0) is 81.6 Å². The Balaban J connectivity index is 0.00000462. The van der Waals surface area contributed by atoms with Crippen molar-refractivity contribution in [1.29, 1.82) is 0 Å². The summed E-state index contributed by atoms with van der Waals surface area (Å²) in [5.41, 5.74) is 3.22. The number of aryl methyl sites for hydroxylation is 2. The quantitative estimate of drug-likeness (QED) is 0.237. The molecule has 0 atom stereocenters. The Bertz CT molecular complexity index is 1340. The van der Waals surface area contributed by atoms with Gasteiger partial charge >= 0.3 is 5.97 Å². The van der Waals surface area contributed by atoms with Gasteiger partial charge in [-0.1, -0.05) is 53.9 Å². The summed E-state index contributed by atoms with van der Waals surface area (Å²) < 4.78 is 6.16. The van der Waals surface area contributed by atoms with Crippen LogP contribution in [0.3, 0.4) is 0 Å². The number of rotatable bonds is 11. The molecule has 0 radical (unpaired) electrons. The zero-order chi connectivity index (χ0) is 28.8. The maximum absolute atomic E-state index is 13.5. The third kappa shape index (κ3) is 8.11. The van der Waals surface area contributed by atoms with Crippen LogP contribution in [0.2, 0.25) is 10.0 Å². The van der Waals surface area contributed by atoms with Crippen molar-refractivity contribution < 1.29 is 19.4 Å². The summed E-state index contributed by atoms with van der Waals surface area (Å²) in [5.74, 6) is -0.353. The van der Waals surface area contributed by atoms with Gasteiger partial charge in [0.2, 0.25) is 5.13 Å². The number of likely N-dealkylation sites (tertiary alicyclic amines) is 1. The number of amides is 1. The van der Waals surface area contributed by atoms with Crippen LogP contribution in [0.1, 0.15) is 54.1 Å². The first kappa shape index (κ1) is 33.1. The molecule has 1 aromatic heterocycles. The summed E-state index contributed by atoms with van der Waals surface area (Å²) in [7, 11) is 0. The van der Waals surface area contributed by atoms with E-state index < -0.39 is 5.97 Å². The van der Waals surface area contributed by atoms with Gasteiger partial charge in [0.05, 0.1) is 21.5 Å². The molecule has 0 spiro atoms. The van der Waals surface area contributed by atoms with Crippen molar-refractivity contribution in [3.63, 3.8) is 0 Å². The number of ether oxygens (including phenoxy) is 1. The van der Waals surface area contributed by atoms with Crippen LogP contribution in [-0.4, -0.2) is 64.9 Å². The molecule has 0 bridgehead atoms. The van der Waals surface area contributed by atoms with E-state index in [1.807, 2.05) is 26.0 Å². The minimum Gasteiger partial charge on any atom is -0.492 e. The second-order valence-electron chi connectivity index (χ2n) is 10.0. The van der Waals surface area contributed by atoms with Crippen molar-refractivity contribution in [2.45, 2.75) is 46.5 Å². The van der Waals surface area contributed by atoms with Gasteiger partial charge in [0.25, 0.3) is 5.91 Å². The predicted molar refractivity (Wildman–Crippen MR) is 167 cm³/mol. The molecule has 0 saturated carbocycles. The van der Waals surface area contributed by atoms with Crippen molar-refractivity contribution in [1.82, 2.24) is 15.1 Å². The van der Waals surface area contributed by atoms with Crippen molar-refractivity contribution in [3.8, 4) is 16.3 Å². The summed E-state index contributed by atoms with van der Waals surface area (Å²) in [5, 5.41) is 19.7. The molecule has 1 fully saturated rings. The molecule has 1 saturated heterocycles. The number of carboxylic acids is 1. The standard InChI is InChI=1S/C29H34Cl2N4O4S.ClH/c1-4-5-11-35(27(36)22-7-6-8-23(30)24(22)31)29-33-32-26(40-29)21-16-18(2)25(19(3)17-21)39-15-14-34-12-9-20(10-13-34)28(37)38;/h6-8,16-17,20H,4-5,9-15H2,1-3H3,(H,37,38);1H. The number of benzene rings is 2. The molecule has 0 unspecified atom stereocenters. The minimum atomic E-state index is -0.699. The van der Waals surface area contributed by atoms with Crippen LogP contribution in [0.5, 0.6) is 5.75 Å². The van der Waals surface area contributed by atoms with Crippen molar-refractivity contribution >= 4 is 64.0 Å². The van der Waals surface area contributed by atoms with Crippen LogP contribution in [0.4, 0.5) is 5.13 Å². The molecular formula is C29H35Cl3N4O4S. The molecule has 3 aromatic rings. The Kier molecular flexibility index (Phi) is 12.2. The van der Waals surface area contributed by atoms with Crippen LogP contribution in [-0.2, 0) is 4.79 Å². The van der Waals surface area contributed by atoms with E-state index in [1.54, 1.807) is 23.1 Å². The highest BCUT2D eigenvalue weighted by atomic mass is 35.5. The lowest BCUT2D eigenvalue weighted by atomic mass is 9.97. The monoisotopic (exact) mass is 640 g/mol. The molecule has 2 aromatic carbocycles. The largest absolute Gasteiger partial charge is 0.492 e. The topological polar surface area (TPSA) is 95.9 Å². The number of aromatic nitrogens is 2. The van der Waals surface area contributed by atoms with Gasteiger partial charge in [-0.15, -0.1) is 22.6 Å². The van der Waals surface area contributed by atoms with Gasteiger partial charge in [-0.25, -0.2) is 0 Å². The third-order valence-corrected chi connectivity index (χ3v) is 8.92. The zero-order valence-electron chi connectivity index (χ0n) is 23.4. The molecule has 222 valence electrons. The molecule has 12 heteroatoms. The minimum absolute atomic E-state index is 0. The molecule has 41 heavy (non-hydrogen) atoms. The van der Waals surface area contributed by atoms with Gasteiger partial charge in [0.15, 0.2) is 0 Å². The van der Waals surface area contributed by atoms with Gasteiger partial charge in [-0.2, -0.15) is 0 Å². The number of carbonyl (C=O) groups is 2. The first-order valence-electron chi connectivity index (χ1n) is 13.5. The lowest BCUT2D eigenvalue weighted by Gasteiger charge is -2.30. The summed E-state index contributed by atoms with van der Waals surface area (Å²) in [6.45, 7) is 9.40. The normalized spacial score (nSPS) is 14.0. The van der Waals surface area contributed by atoms with Gasteiger partial charge in [-0.3, -0.25) is 19.4 Å². The number of piperidine rings is 1. The first-order valence-corrected chi connectivity index (χ1v) is 15.1. The van der Waals surface area contributed by atoms with Gasteiger partial charge in [0, 0.05) is 18.7 Å². The van der Waals surface area contributed by atoms with Gasteiger partial charge < -0.3 is 9.84 Å². The van der Waals surface area contributed by atoms with E-state index in [0.29, 0.717) is 46.7 Å². The maximum atomic E-state index is 13.5. The van der Waals surface area contributed by atoms with E-state index in [-0.39, 0.29) is 29.3 Å². The highest BCUT2D eigenvalue weighted by molar-refractivity contribution is 7.18. The van der Waals surface area contributed by atoms with E-state index in [2.05, 4.69) is 22.0 Å². The van der Waals surface area contributed by atoms with Gasteiger partial charge in [0.1, 0.15) is 17.4 Å². The predicted octanol–water partition coefficient (Wildman–Crippen LogP) is 7.17. The molecule has 0 aliphatic carbocycles. The Morgan fingerprint density at radius 2 is 1.83 bits per heavy atom. The summed E-state index contributed by atoms with van der Waals surface area (Å²) >= 11 is 13.9. The summed E-state index contributed by atoms with van der Waals surface area (Å²) in [4.78, 5) is 28.5. The Labute approximate surface area is 261 Å². The summed E-state index contributed by atoms with van der Waals surface area (Å²) in [6, 6.07) is 9.08. The zero-order valence-corrected chi connectivity index (χ0v) is 26.5. The number of hydrogen-bond donors (Lipinski definition) is 1. The number of unbranched alkanes of at least 4 members (excludes halogenated alkanes) is 1. The van der Waals surface area contributed by atoms with Crippen LogP contribution < -0.4 is 9.64 Å². The highest BCUT2D eigenvalue weighted by Gasteiger charge is 2.26. The number of carboxylic acid groups (broad SMARTS) is 1. The van der Waals surface area contributed by atoms with Crippen molar-refractivity contribution in [2.24, 2.45) is 5.92 Å². The highest BCUT2D eigenvalue weighted by Crippen LogP contribution is 2.35. The lowest BCUT2D eigenvalue weighted by molar-refractivity contribution is -0.143. The molecule has 8 nitrogen and oxygen atoms in total. The number of aliphatic carboxylic acids is 1. The van der Waals surface area contributed by atoms with Crippen molar-refractivity contribution in [3.05, 3.63) is 57.1 Å². The molecule has 1 amide bonds. The molecular weight excluding hydrogens is 607 g/mol. The second kappa shape index (κ2) is 15.2. The average Bonchev–Trinajstić information content (AvgIpc) is 3.42. The number of hydrogen-bond acceptors (Lipinski definition) is 7. The van der Waals surface area contributed by atoms with Crippen LogP contribution in [0, 0.1) is 19.8 Å². The Morgan fingerprint density at radius 3 is 2.46 bits per heavy atom. The fourth-order valence-corrected chi connectivity index (χ4v) is 6.08. The number of halogens is 3. The molecule has 1 aliphatic heterocycles. The Hall–Kier alpha value is -2.43.